The van der Waals surface area contributed by atoms with E-state index < -0.39 is 11.6 Å². The Morgan fingerprint density at radius 2 is 1.44 bits per heavy atom. The van der Waals surface area contributed by atoms with Gasteiger partial charge in [0, 0.05) is 5.56 Å². The minimum Gasteiger partial charge on any atom is -0.490 e. The van der Waals surface area contributed by atoms with Crippen molar-refractivity contribution >= 4 is 0 Å². The third-order valence-electron chi connectivity index (χ3n) is 7.89. The summed E-state index contributed by atoms with van der Waals surface area (Å²) in [5, 5.41) is 0. The third kappa shape index (κ3) is 5.53. The molecule has 1 nitrogen and oxygen atoms in total. The fourth-order valence-corrected chi connectivity index (χ4v) is 5.70. The molecule has 2 fully saturated rings. The van der Waals surface area contributed by atoms with E-state index in [0.29, 0.717) is 24.0 Å². The van der Waals surface area contributed by atoms with Gasteiger partial charge in [0.15, 0.2) is 11.6 Å². The highest BCUT2D eigenvalue weighted by molar-refractivity contribution is 5.65. The van der Waals surface area contributed by atoms with Crippen LogP contribution in [-0.4, -0.2) is 6.61 Å². The van der Waals surface area contributed by atoms with Crippen molar-refractivity contribution < 1.29 is 13.5 Å². The van der Waals surface area contributed by atoms with E-state index in [-0.39, 0.29) is 5.75 Å². The van der Waals surface area contributed by atoms with E-state index in [0.717, 1.165) is 30.2 Å². The van der Waals surface area contributed by atoms with Gasteiger partial charge < -0.3 is 4.74 Å². The Balaban J connectivity index is 1.38. The maximum absolute atomic E-state index is 14.9. The lowest BCUT2D eigenvalue weighted by molar-refractivity contribution is 0.182. The normalized spacial score (nSPS) is 26.1. The molecule has 0 spiro atoms. The standard InChI is InChI=1S/C29H38F2O/c1-3-4-21-9-11-23(12-10-21)24-13-15-25(16-14-24)26-17-18-27(29(31)28(26)30)32-19-22-7-5-20(2)6-8-22/h13-18,20-23H,3-12,19H2,1-2H3. The van der Waals surface area contributed by atoms with Crippen LogP contribution in [0.3, 0.4) is 0 Å². The van der Waals surface area contributed by atoms with Gasteiger partial charge in [0.1, 0.15) is 0 Å². The molecule has 0 heterocycles. The van der Waals surface area contributed by atoms with E-state index >= 15 is 0 Å². The lowest BCUT2D eigenvalue weighted by Gasteiger charge is -2.28. The van der Waals surface area contributed by atoms with Crippen LogP contribution in [0.5, 0.6) is 5.75 Å². The van der Waals surface area contributed by atoms with Gasteiger partial charge in [-0.2, -0.15) is 4.39 Å². The first kappa shape index (κ1) is 23.3. The summed E-state index contributed by atoms with van der Waals surface area (Å²) in [6.07, 6.45) is 12.3. The van der Waals surface area contributed by atoms with Gasteiger partial charge >= 0.3 is 0 Å². The number of ether oxygens (including phenoxy) is 1. The molecule has 4 rings (SSSR count). The van der Waals surface area contributed by atoms with Gasteiger partial charge in [0.25, 0.3) is 0 Å². The zero-order valence-corrected chi connectivity index (χ0v) is 19.7. The Morgan fingerprint density at radius 3 is 2.09 bits per heavy atom. The molecule has 2 aromatic rings. The molecule has 0 unspecified atom stereocenters. The smallest absolute Gasteiger partial charge is 0.201 e. The molecule has 2 saturated carbocycles. The van der Waals surface area contributed by atoms with Crippen LogP contribution in [0.1, 0.15) is 89.5 Å². The second kappa shape index (κ2) is 10.8. The van der Waals surface area contributed by atoms with E-state index in [9.17, 15) is 8.78 Å². The molecular formula is C29H38F2O. The van der Waals surface area contributed by atoms with Crippen LogP contribution in [0.2, 0.25) is 0 Å². The Morgan fingerprint density at radius 1 is 0.781 bits per heavy atom. The first-order valence-electron chi connectivity index (χ1n) is 12.8. The zero-order valence-electron chi connectivity index (χ0n) is 19.7. The highest BCUT2D eigenvalue weighted by atomic mass is 19.2. The minimum absolute atomic E-state index is 0.0327. The summed E-state index contributed by atoms with van der Waals surface area (Å²) in [5.74, 6) is 1.04. The largest absolute Gasteiger partial charge is 0.490 e. The Labute approximate surface area is 192 Å². The highest BCUT2D eigenvalue weighted by Gasteiger charge is 2.23. The number of halogens is 2. The summed E-state index contributed by atoms with van der Waals surface area (Å²) in [6, 6.07) is 11.3. The number of rotatable bonds is 7. The first-order valence-corrected chi connectivity index (χ1v) is 12.8. The molecule has 2 aliphatic carbocycles. The van der Waals surface area contributed by atoms with Crippen molar-refractivity contribution in [3.8, 4) is 16.9 Å². The van der Waals surface area contributed by atoms with E-state index in [1.165, 1.54) is 56.9 Å². The van der Waals surface area contributed by atoms with Crippen LogP contribution in [0, 0.1) is 29.4 Å². The molecule has 0 amide bonds. The molecule has 0 aliphatic heterocycles. The van der Waals surface area contributed by atoms with Crippen LogP contribution in [-0.2, 0) is 0 Å². The average Bonchev–Trinajstić information content (AvgIpc) is 2.82. The van der Waals surface area contributed by atoms with Crippen molar-refractivity contribution in [3.05, 3.63) is 53.6 Å². The van der Waals surface area contributed by atoms with Crippen molar-refractivity contribution in [1.29, 1.82) is 0 Å². The Bertz CT molecular complexity index is 859. The van der Waals surface area contributed by atoms with Crippen LogP contribution in [0.25, 0.3) is 11.1 Å². The molecule has 0 aromatic heterocycles. The van der Waals surface area contributed by atoms with Crippen molar-refractivity contribution in [1.82, 2.24) is 0 Å². The topological polar surface area (TPSA) is 9.23 Å². The van der Waals surface area contributed by atoms with E-state index in [2.05, 4.69) is 26.0 Å². The highest BCUT2D eigenvalue weighted by Crippen LogP contribution is 2.38. The first-order chi connectivity index (χ1) is 15.5. The van der Waals surface area contributed by atoms with Gasteiger partial charge in [0.2, 0.25) is 5.82 Å². The van der Waals surface area contributed by atoms with Gasteiger partial charge in [-0.3, -0.25) is 0 Å². The maximum Gasteiger partial charge on any atom is 0.201 e. The SMILES string of the molecule is CCCC1CCC(c2ccc(-c3ccc(OCC4CCC(C)CC4)c(F)c3F)cc2)CC1. The summed E-state index contributed by atoms with van der Waals surface area (Å²) in [6.45, 7) is 5.01. The fraction of sp³-hybridized carbons (Fsp3) is 0.586. The zero-order chi connectivity index (χ0) is 22.5. The van der Waals surface area contributed by atoms with E-state index in [1.54, 1.807) is 12.1 Å². The molecule has 3 heteroatoms. The summed E-state index contributed by atoms with van der Waals surface area (Å²) in [7, 11) is 0. The second-order valence-corrected chi connectivity index (χ2v) is 10.3. The lowest BCUT2D eigenvalue weighted by Crippen LogP contribution is -2.19. The molecule has 174 valence electrons. The van der Waals surface area contributed by atoms with Gasteiger partial charge in [-0.25, -0.2) is 4.39 Å². The molecule has 2 aliphatic rings. The Hall–Kier alpha value is -1.90. The summed E-state index contributed by atoms with van der Waals surface area (Å²) in [4.78, 5) is 0. The summed E-state index contributed by atoms with van der Waals surface area (Å²) >= 11 is 0. The average molecular weight is 441 g/mol. The van der Waals surface area contributed by atoms with Gasteiger partial charge in [-0.15, -0.1) is 0 Å². The number of hydrogen-bond acceptors (Lipinski definition) is 1. The van der Waals surface area contributed by atoms with Gasteiger partial charge in [-0.05, 0) is 85.5 Å². The van der Waals surface area contributed by atoms with Crippen LogP contribution in [0.15, 0.2) is 36.4 Å². The van der Waals surface area contributed by atoms with Crippen molar-refractivity contribution in [2.24, 2.45) is 17.8 Å². The summed E-state index contributed by atoms with van der Waals surface area (Å²) < 4.78 is 35.3. The minimum atomic E-state index is -0.870. The predicted octanol–water partition coefficient (Wildman–Crippen LogP) is 8.91. The summed E-state index contributed by atoms with van der Waals surface area (Å²) in [5.41, 5.74) is 2.35. The molecule has 2 aromatic carbocycles. The molecule has 0 radical (unpaired) electrons. The Kier molecular flexibility index (Phi) is 7.86. The van der Waals surface area contributed by atoms with Crippen molar-refractivity contribution in [3.63, 3.8) is 0 Å². The number of benzene rings is 2. The van der Waals surface area contributed by atoms with Crippen molar-refractivity contribution in [2.75, 3.05) is 6.61 Å². The third-order valence-corrected chi connectivity index (χ3v) is 7.89. The van der Waals surface area contributed by atoms with Gasteiger partial charge in [-0.1, -0.05) is 63.8 Å². The second-order valence-electron chi connectivity index (χ2n) is 10.3. The van der Waals surface area contributed by atoms with Crippen LogP contribution < -0.4 is 4.74 Å². The number of hydrogen-bond donors (Lipinski definition) is 0. The fourth-order valence-electron chi connectivity index (χ4n) is 5.70. The maximum atomic E-state index is 14.9. The molecule has 0 N–H and O–H groups in total. The lowest BCUT2D eigenvalue weighted by atomic mass is 9.77. The van der Waals surface area contributed by atoms with E-state index in [4.69, 9.17) is 4.74 Å². The quantitative estimate of drug-likeness (QED) is 0.417. The van der Waals surface area contributed by atoms with Crippen molar-refractivity contribution in [2.45, 2.75) is 84.0 Å². The molecule has 32 heavy (non-hydrogen) atoms. The molecular weight excluding hydrogens is 402 g/mol. The van der Waals surface area contributed by atoms with E-state index in [1.807, 2.05) is 12.1 Å². The van der Waals surface area contributed by atoms with Crippen LogP contribution in [0.4, 0.5) is 8.78 Å². The monoisotopic (exact) mass is 440 g/mol. The van der Waals surface area contributed by atoms with Gasteiger partial charge in [0.05, 0.1) is 6.61 Å². The van der Waals surface area contributed by atoms with Crippen LogP contribution >= 0.6 is 0 Å². The molecule has 0 bridgehead atoms. The predicted molar refractivity (Wildman–Crippen MR) is 128 cm³/mol. The molecule has 0 atom stereocenters. The molecule has 0 saturated heterocycles.